The van der Waals surface area contributed by atoms with Crippen LogP contribution in [0.5, 0.6) is 0 Å². The Morgan fingerprint density at radius 1 is 1.33 bits per heavy atom. The van der Waals surface area contributed by atoms with Crippen molar-refractivity contribution in [3.8, 4) is 0 Å². The molecule has 0 bridgehead atoms. The summed E-state index contributed by atoms with van der Waals surface area (Å²) in [6, 6.07) is 9.54. The number of nitrogen functional groups attached to an aromatic ring is 1. The van der Waals surface area contributed by atoms with E-state index in [0.29, 0.717) is 9.88 Å². The summed E-state index contributed by atoms with van der Waals surface area (Å²) in [7, 11) is 0. The van der Waals surface area contributed by atoms with Crippen molar-refractivity contribution in [2.75, 3.05) is 11.1 Å². The van der Waals surface area contributed by atoms with Crippen molar-refractivity contribution in [2.24, 2.45) is 0 Å². The first-order valence-corrected chi connectivity index (χ1v) is 6.68. The van der Waals surface area contributed by atoms with Gasteiger partial charge in [0, 0.05) is 5.69 Å². The SMILES string of the molecule is CCc1cccc(C)c1NC(=O)c1ccc(N)s1. The minimum atomic E-state index is -0.0966. The van der Waals surface area contributed by atoms with Crippen LogP contribution in [0, 0.1) is 6.92 Å². The number of nitrogens with two attached hydrogens (primary N) is 1. The Morgan fingerprint density at radius 3 is 2.72 bits per heavy atom. The molecule has 0 radical (unpaired) electrons. The Balaban J connectivity index is 2.26. The average Bonchev–Trinajstić information content (AvgIpc) is 2.78. The summed E-state index contributed by atoms with van der Waals surface area (Å²) in [6.45, 7) is 4.07. The van der Waals surface area contributed by atoms with Gasteiger partial charge in [0.2, 0.25) is 0 Å². The van der Waals surface area contributed by atoms with E-state index >= 15 is 0 Å². The molecule has 1 heterocycles. The molecule has 94 valence electrons. The molecule has 0 aliphatic rings. The summed E-state index contributed by atoms with van der Waals surface area (Å²) in [5.74, 6) is -0.0966. The number of aryl methyl sites for hydroxylation is 2. The second kappa shape index (κ2) is 5.23. The van der Waals surface area contributed by atoms with Gasteiger partial charge < -0.3 is 11.1 Å². The van der Waals surface area contributed by atoms with Crippen LogP contribution in [0.2, 0.25) is 0 Å². The molecule has 2 rings (SSSR count). The van der Waals surface area contributed by atoms with Gasteiger partial charge in [-0.1, -0.05) is 25.1 Å². The lowest BCUT2D eigenvalue weighted by Gasteiger charge is -2.12. The maximum Gasteiger partial charge on any atom is 0.265 e. The van der Waals surface area contributed by atoms with Gasteiger partial charge in [0.25, 0.3) is 5.91 Å². The Morgan fingerprint density at radius 2 is 2.11 bits per heavy atom. The van der Waals surface area contributed by atoms with Gasteiger partial charge in [-0.15, -0.1) is 11.3 Å². The molecule has 0 atom stereocenters. The highest BCUT2D eigenvalue weighted by molar-refractivity contribution is 7.17. The van der Waals surface area contributed by atoms with Crippen LogP contribution in [0.4, 0.5) is 10.7 Å². The maximum atomic E-state index is 12.1. The molecule has 4 heteroatoms. The van der Waals surface area contributed by atoms with E-state index in [4.69, 9.17) is 5.73 Å². The van der Waals surface area contributed by atoms with Gasteiger partial charge in [0.1, 0.15) is 0 Å². The third-order valence-electron chi connectivity index (χ3n) is 2.83. The van der Waals surface area contributed by atoms with Crippen molar-refractivity contribution >= 4 is 27.9 Å². The Labute approximate surface area is 111 Å². The molecule has 0 spiro atoms. The van der Waals surface area contributed by atoms with Gasteiger partial charge in [-0.25, -0.2) is 0 Å². The number of para-hydroxylation sites is 1. The van der Waals surface area contributed by atoms with Crippen molar-refractivity contribution in [1.82, 2.24) is 0 Å². The summed E-state index contributed by atoms with van der Waals surface area (Å²) in [5, 5.41) is 3.63. The van der Waals surface area contributed by atoms with E-state index in [1.54, 1.807) is 12.1 Å². The molecule has 0 saturated heterocycles. The molecule has 0 saturated carbocycles. The predicted molar refractivity (Wildman–Crippen MR) is 77.2 cm³/mol. The normalized spacial score (nSPS) is 10.3. The standard InChI is InChI=1S/C14H16N2OS/c1-3-10-6-4-5-9(2)13(10)16-14(17)11-7-8-12(15)18-11/h4-8H,3,15H2,1-2H3,(H,16,17). The second-order valence-corrected chi connectivity index (χ2v) is 5.23. The van der Waals surface area contributed by atoms with E-state index in [1.165, 1.54) is 11.3 Å². The zero-order valence-corrected chi connectivity index (χ0v) is 11.3. The van der Waals surface area contributed by atoms with Crippen molar-refractivity contribution in [3.05, 3.63) is 46.3 Å². The van der Waals surface area contributed by atoms with Crippen LogP contribution in [-0.4, -0.2) is 5.91 Å². The third-order valence-corrected chi connectivity index (χ3v) is 3.74. The topological polar surface area (TPSA) is 55.1 Å². The molecule has 0 unspecified atom stereocenters. The van der Waals surface area contributed by atoms with E-state index in [-0.39, 0.29) is 5.91 Å². The van der Waals surface area contributed by atoms with Crippen LogP contribution in [0.3, 0.4) is 0 Å². The van der Waals surface area contributed by atoms with Crippen LogP contribution in [-0.2, 0) is 6.42 Å². The van der Waals surface area contributed by atoms with Gasteiger partial charge >= 0.3 is 0 Å². The zero-order valence-electron chi connectivity index (χ0n) is 10.5. The highest BCUT2D eigenvalue weighted by atomic mass is 32.1. The highest BCUT2D eigenvalue weighted by Crippen LogP contribution is 2.24. The smallest absolute Gasteiger partial charge is 0.265 e. The van der Waals surface area contributed by atoms with E-state index in [0.717, 1.165) is 23.2 Å². The average molecular weight is 260 g/mol. The number of hydrogen-bond donors (Lipinski definition) is 2. The molecular formula is C14H16N2OS. The minimum Gasteiger partial charge on any atom is -0.391 e. The molecule has 0 fully saturated rings. The Kier molecular flexibility index (Phi) is 3.67. The number of amides is 1. The number of rotatable bonds is 3. The lowest BCUT2D eigenvalue weighted by molar-refractivity contribution is 0.103. The van der Waals surface area contributed by atoms with E-state index < -0.39 is 0 Å². The summed E-state index contributed by atoms with van der Waals surface area (Å²) in [5.41, 5.74) is 8.77. The third kappa shape index (κ3) is 2.54. The first-order chi connectivity index (χ1) is 8.61. The Bertz CT molecular complexity index is 575. The molecule has 1 amide bonds. The lowest BCUT2D eigenvalue weighted by Crippen LogP contribution is -2.12. The molecule has 18 heavy (non-hydrogen) atoms. The lowest BCUT2D eigenvalue weighted by atomic mass is 10.1. The monoisotopic (exact) mass is 260 g/mol. The molecule has 3 nitrogen and oxygen atoms in total. The largest absolute Gasteiger partial charge is 0.391 e. The number of thiophene rings is 1. The van der Waals surface area contributed by atoms with Crippen LogP contribution < -0.4 is 11.1 Å². The Hall–Kier alpha value is -1.81. The number of carbonyl (C=O) groups is 1. The van der Waals surface area contributed by atoms with E-state index in [1.807, 2.05) is 25.1 Å². The number of hydrogen-bond acceptors (Lipinski definition) is 3. The van der Waals surface area contributed by atoms with Gasteiger partial charge in [0.15, 0.2) is 0 Å². The summed E-state index contributed by atoms with van der Waals surface area (Å²) in [6.07, 6.45) is 0.893. The molecule has 2 aromatic rings. The molecule has 3 N–H and O–H groups in total. The molecule has 0 aliphatic heterocycles. The van der Waals surface area contributed by atoms with Gasteiger partial charge in [-0.05, 0) is 36.6 Å². The van der Waals surface area contributed by atoms with Gasteiger partial charge in [0.05, 0.1) is 9.88 Å². The van der Waals surface area contributed by atoms with Crippen molar-refractivity contribution in [3.63, 3.8) is 0 Å². The quantitative estimate of drug-likeness (QED) is 0.888. The molecule has 1 aromatic carbocycles. The number of benzene rings is 1. The highest BCUT2D eigenvalue weighted by Gasteiger charge is 2.12. The van der Waals surface area contributed by atoms with Crippen LogP contribution >= 0.6 is 11.3 Å². The number of anilines is 2. The van der Waals surface area contributed by atoms with Crippen LogP contribution in [0.15, 0.2) is 30.3 Å². The maximum absolute atomic E-state index is 12.1. The zero-order chi connectivity index (χ0) is 13.1. The van der Waals surface area contributed by atoms with Crippen molar-refractivity contribution < 1.29 is 4.79 Å². The first-order valence-electron chi connectivity index (χ1n) is 5.87. The predicted octanol–water partition coefficient (Wildman–Crippen LogP) is 3.45. The number of nitrogens with one attached hydrogen (secondary N) is 1. The number of carbonyl (C=O) groups excluding carboxylic acids is 1. The molecule has 1 aromatic heterocycles. The van der Waals surface area contributed by atoms with Crippen molar-refractivity contribution in [2.45, 2.75) is 20.3 Å². The van der Waals surface area contributed by atoms with Crippen LogP contribution in [0.1, 0.15) is 27.7 Å². The summed E-state index contributed by atoms with van der Waals surface area (Å²) >= 11 is 1.30. The van der Waals surface area contributed by atoms with E-state index in [9.17, 15) is 4.79 Å². The van der Waals surface area contributed by atoms with Gasteiger partial charge in [-0.2, -0.15) is 0 Å². The molecule has 0 aliphatic carbocycles. The fraction of sp³-hybridized carbons (Fsp3) is 0.214. The fourth-order valence-electron chi connectivity index (χ4n) is 1.85. The summed E-state index contributed by atoms with van der Waals surface area (Å²) < 4.78 is 0. The summed E-state index contributed by atoms with van der Waals surface area (Å²) in [4.78, 5) is 12.7. The fourth-order valence-corrected chi connectivity index (χ4v) is 2.52. The molecular weight excluding hydrogens is 244 g/mol. The first kappa shape index (κ1) is 12.6. The van der Waals surface area contributed by atoms with Crippen LogP contribution in [0.25, 0.3) is 0 Å². The second-order valence-electron chi connectivity index (χ2n) is 4.12. The minimum absolute atomic E-state index is 0.0966. The van der Waals surface area contributed by atoms with E-state index in [2.05, 4.69) is 12.2 Å². The van der Waals surface area contributed by atoms with Gasteiger partial charge in [-0.3, -0.25) is 4.79 Å². The van der Waals surface area contributed by atoms with Crippen molar-refractivity contribution in [1.29, 1.82) is 0 Å².